The fourth-order valence-corrected chi connectivity index (χ4v) is 3.01. The van der Waals surface area contributed by atoms with Gasteiger partial charge < -0.3 is 10.4 Å². The number of hydrogen-bond donors (Lipinski definition) is 2. The van der Waals surface area contributed by atoms with Crippen molar-refractivity contribution in [1.82, 2.24) is 5.32 Å². The Morgan fingerprint density at radius 2 is 2.16 bits per heavy atom. The lowest BCUT2D eigenvalue weighted by Crippen LogP contribution is -2.40. The molecule has 1 aromatic rings. The summed E-state index contributed by atoms with van der Waals surface area (Å²) in [6.07, 6.45) is 1.88. The summed E-state index contributed by atoms with van der Waals surface area (Å²) in [5.41, 5.74) is 0.0853. The smallest absolute Gasteiger partial charge is 0.220 e. The van der Waals surface area contributed by atoms with Crippen molar-refractivity contribution in [3.05, 3.63) is 21.3 Å². The molecule has 1 heterocycles. The molecule has 0 spiro atoms. The minimum Gasteiger partial charge on any atom is -0.394 e. The van der Waals surface area contributed by atoms with E-state index in [2.05, 4.69) is 26.1 Å². The van der Waals surface area contributed by atoms with Crippen LogP contribution in [0.2, 0.25) is 4.34 Å². The van der Waals surface area contributed by atoms with Gasteiger partial charge in [-0.25, -0.2) is 0 Å². The molecule has 5 heteroatoms. The highest BCUT2D eigenvalue weighted by molar-refractivity contribution is 7.16. The van der Waals surface area contributed by atoms with Crippen molar-refractivity contribution in [3.63, 3.8) is 0 Å². The Balaban J connectivity index is 2.37. The van der Waals surface area contributed by atoms with Gasteiger partial charge >= 0.3 is 0 Å². The largest absolute Gasteiger partial charge is 0.394 e. The molecule has 1 atom stereocenters. The van der Waals surface area contributed by atoms with Crippen molar-refractivity contribution in [1.29, 1.82) is 0 Å². The van der Waals surface area contributed by atoms with E-state index in [1.165, 1.54) is 11.3 Å². The number of aryl methyl sites for hydroxylation is 1. The van der Waals surface area contributed by atoms with E-state index in [-0.39, 0.29) is 24.0 Å². The SMILES string of the molecule is CC(C)(C)CC(CO)NC(=O)CCc1ccc(Cl)s1. The first-order valence-electron chi connectivity index (χ1n) is 6.44. The average molecular weight is 304 g/mol. The maximum absolute atomic E-state index is 11.8. The number of hydrogen-bond acceptors (Lipinski definition) is 3. The quantitative estimate of drug-likeness (QED) is 0.847. The molecular weight excluding hydrogens is 282 g/mol. The van der Waals surface area contributed by atoms with Crippen LogP contribution in [0.4, 0.5) is 0 Å². The molecule has 0 saturated heterocycles. The Bertz CT molecular complexity index is 412. The fourth-order valence-electron chi connectivity index (χ4n) is 1.92. The number of carbonyl (C=O) groups excluding carboxylic acids is 1. The van der Waals surface area contributed by atoms with Crippen molar-refractivity contribution < 1.29 is 9.90 Å². The third-order valence-electron chi connectivity index (χ3n) is 2.67. The molecule has 108 valence electrons. The van der Waals surface area contributed by atoms with Gasteiger partial charge in [-0.2, -0.15) is 0 Å². The molecule has 0 bridgehead atoms. The summed E-state index contributed by atoms with van der Waals surface area (Å²) in [6, 6.07) is 3.62. The summed E-state index contributed by atoms with van der Waals surface area (Å²) in [4.78, 5) is 12.9. The average Bonchev–Trinajstić information content (AvgIpc) is 2.70. The molecule has 0 aliphatic rings. The molecular formula is C14H22ClNO2S. The van der Waals surface area contributed by atoms with Gasteiger partial charge in [0.2, 0.25) is 5.91 Å². The molecule has 1 amide bonds. The molecule has 0 aliphatic carbocycles. The molecule has 3 nitrogen and oxygen atoms in total. The number of nitrogens with one attached hydrogen (secondary N) is 1. The molecule has 0 radical (unpaired) electrons. The molecule has 19 heavy (non-hydrogen) atoms. The summed E-state index contributed by atoms with van der Waals surface area (Å²) in [6.45, 7) is 6.26. The topological polar surface area (TPSA) is 49.3 Å². The van der Waals surface area contributed by atoms with Crippen molar-refractivity contribution in [2.75, 3.05) is 6.61 Å². The second-order valence-corrected chi connectivity index (χ2v) is 7.72. The molecule has 0 aromatic carbocycles. The lowest BCUT2D eigenvalue weighted by Gasteiger charge is -2.25. The van der Waals surface area contributed by atoms with Crippen molar-refractivity contribution in [3.8, 4) is 0 Å². The van der Waals surface area contributed by atoms with Crippen LogP contribution in [0.3, 0.4) is 0 Å². The third kappa shape index (κ3) is 6.95. The Kier molecular flexibility index (Phi) is 6.30. The first kappa shape index (κ1) is 16.5. The summed E-state index contributed by atoms with van der Waals surface area (Å²) in [5, 5.41) is 12.2. The van der Waals surface area contributed by atoms with Crippen LogP contribution >= 0.6 is 22.9 Å². The van der Waals surface area contributed by atoms with E-state index in [1.54, 1.807) is 0 Å². The molecule has 1 unspecified atom stereocenters. The first-order chi connectivity index (χ1) is 8.80. The number of amides is 1. The van der Waals surface area contributed by atoms with E-state index in [0.717, 1.165) is 15.6 Å². The van der Waals surface area contributed by atoms with Crippen LogP contribution in [0.25, 0.3) is 0 Å². The van der Waals surface area contributed by atoms with E-state index in [4.69, 9.17) is 11.6 Å². The Morgan fingerprint density at radius 3 is 2.63 bits per heavy atom. The van der Waals surface area contributed by atoms with Crippen LogP contribution in [0.5, 0.6) is 0 Å². The van der Waals surface area contributed by atoms with Gasteiger partial charge in [0.15, 0.2) is 0 Å². The Hall–Kier alpha value is -0.580. The van der Waals surface area contributed by atoms with E-state index in [1.807, 2.05) is 12.1 Å². The number of carbonyl (C=O) groups is 1. The molecule has 1 aromatic heterocycles. The maximum Gasteiger partial charge on any atom is 0.220 e. The van der Waals surface area contributed by atoms with Crippen LogP contribution in [-0.2, 0) is 11.2 Å². The lowest BCUT2D eigenvalue weighted by molar-refractivity contribution is -0.122. The minimum absolute atomic E-state index is 0.0200. The van der Waals surface area contributed by atoms with Gasteiger partial charge in [-0.15, -0.1) is 11.3 Å². The highest BCUT2D eigenvalue weighted by Gasteiger charge is 2.19. The lowest BCUT2D eigenvalue weighted by atomic mass is 9.88. The third-order valence-corrected chi connectivity index (χ3v) is 3.96. The zero-order valence-electron chi connectivity index (χ0n) is 11.7. The first-order valence-corrected chi connectivity index (χ1v) is 7.64. The minimum atomic E-state index is -0.167. The van der Waals surface area contributed by atoms with Gasteiger partial charge in [0.1, 0.15) is 0 Å². The van der Waals surface area contributed by atoms with E-state index < -0.39 is 0 Å². The second kappa shape index (κ2) is 7.27. The predicted molar refractivity (Wildman–Crippen MR) is 80.7 cm³/mol. The van der Waals surface area contributed by atoms with Gasteiger partial charge in [-0.3, -0.25) is 4.79 Å². The van der Waals surface area contributed by atoms with Crippen LogP contribution < -0.4 is 5.32 Å². The van der Waals surface area contributed by atoms with E-state index >= 15 is 0 Å². The van der Waals surface area contributed by atoms with Gasteiger partial charge in [0, 0.05) is 11.3 Å². The Labute approximate surface area is 124 Å². The van der Waals surface area contributed by atoms with Crippen molar-refractivity contribution >= 4 is 28.8 Å². The summed E-state index contributed by atoms with van der Waals surface area (Å²) >= 11 is 7.34. The predicted octanol–water partition coefficient (Wildman–Crippen LogP) is 3.25. The van der Waals surface area contributed by atoms with Gasteiger partial charge in [0.25, 0.3) is 0 Å². The van der Waals surface area contributed by atoms with Crippen molar-refractivity contribution in [2.24, 2.45) is 5.41 Å². The number of aliphatic hydroxyl groups is 1. The number of aliphatic hydroxyl groups excluding tert-OH is 1. The second-order valence-electron chi connectivity index (χ2n) is 5.92. The summed E-state index contributed by atoms with van der Waals surface area (Å²) < 4.78 is 0.747. The van der Waals surface area contributed by atoms with E-state index in [9.17, 15) is 9.90 Å². The van der Waals surface area contributed by atoms with Gasteiger partial charge in [0.05, 0.1) is 17.0 Å². The number of rotatable bonds is 6. The number of halogens is 1. The highest BCUT2D eigenvalue weighted by atomic mass is 35.5. The normalized spacial score (nSPS) is 13.3. The highest BCUT2D eigenvalue weighted by Crippen LogP contribution is 2.23. The maximum atomic E-state index is 11.8. The van der Waals surface area contributed by atoms with Crippen LogP contribution in [-0.4, -0.2) is 23.7 Å². The Morgan fingerprint density at radius 1 is 1.47 bits per heavy atom. The number of thiophene rings is 1. The molecule has 1 rings (SSSR count). The van der Waals surface area contributed by atoms with Crippen molar-refractivity contribution in [2.45, 2.75) is 46.1 Å². The van der Waals surface area contributed by atoms with Crippen LogP contribution in [0.15, 0.2) is 12.1 Å². The monoisotopic (exact) mass is 303 g/mol. The van der Waals surface area contributed by atoms with Gasteiger partial charge in [-0.1, -0.05) is 32.4 Å². The molecule has 0 fully saturated rings. The molecule has 0 aliphatic heterocycles. The van der Waals surface area contributed by atoms with Crippen LogP contribution in [0, 0.1) is 5.41 Å². The summed E-state index contributed by atoms with van der Waals surface area (Å²) in [7, 11) is 0. The molecule has 2 N–H and O–H groups in total. The molecule has 0 saturated carbocycles. The zero-order chi connectivity index (χ0) is 14.5. The van der Waals surface area contributed by atoms with E-state index in [0.29, 0.717) is 12.8 Å². The fraction of sp³-hybridized carbons (Fsp3) is 0.643. The standard InChI is InChI=1S/C14H22ClNO2S/c1-14(2,3)8-10(9-17)16-13(18)7-5-11-4-6-12(15)19-11/h4,6,10,17H,5,7-9H2,1-3H3,(H,16,18). The van der Waals surface area contributed by atoms with Crippen LogP contribution in [0.1, 0.15) is 38.5 Å². The zero-order valence-corrected chi connectivity index (χ0v) is 13.3. The van der Waals surface area contributed by atoms with Gasteiger partial charge in [-0.05, 0) is 30.4 Å². The summed E-state index contributed by atoms with van der Waals surface area (Å²) in [5.74, 6) is -0.0205.